The van der Waals surface area contributed by atoms with Gasteiger partial charge in [-0.25, -0.2) is 0 Å². The second-order valence-corrected chi connectivity index (χ2v) is 6.64. The monoisotopic (exact) mass is 326 g/mol. The molecule has 0 aliphatic carbocycles. The third-order valence-electron chi connectivity index (χ3n) is 4.65. The Labute approximate surface area is 143 Å². The molecule has 128 valence electrons. The quantitative estimate of drug-likeness (QED) is 0.848. The summed E-state index contributed by atoms with van der Waals surface area (Å²) in [6.07, 6.45) is 7.32. The predicted molar refractivity (Wildman–Crippen MR) is 94.3 cm³/mol. The van der Waals surface area contributed by atoms with Gasteiger partial charge in [-0.2, -0.15) is 5.10 Å². The number of likely N-dealkylation sites (N-methyl/N-ethyl adjacent to an activating group) is 1. The largest absolute Gasteiger partial charge is 0.341 e. The lowest BCUT2D eigenvalue weighted by atomic mass is 10.0. The van der Waals surface area contributed by atoms with Crippen LogP contribution in [0.2, 0.25) is 0 Å². The average molecular weight is 326 g/mol. The molecule has 1 fully saturated rings. The van der Waals surface area contributed by atoms with Crippen molar-refractivity contribution in [2.24, 2.45) is 7.05 Å². The molecule has 2 heterocycles. The number of benzene rings is 1. The van der Waals surface area contributed by atoms with Crippen molar-refractivity contribution in [2.45, 2.75) is 31.8 Å². The molecule has 5 heteroatoms. The van der Waals surface area contributed by atoms with E-state index in [0.717, 1.165) is 37.1 Å². The van der Waals surface area contributed by atoms with E-state index in [1.807, 2.05) is 61.7 Å². The maximum atomic E-state index is 13.2. The number of hydrogen-bond donors (Lipinski definition) is 0. The summed E-state index contributed by atoms with van der Waals surface area (Å²) in [6.45, 7) is 2.46. The number of rotatable bonds is 5. The van der Waals surface area contributed by atoms with E-state index in [1.54, 1.807) is 4.68 Å². The van der Waals surface area contributed by atoms with E-state index in [2.05, 4.69) is 10.00 Å². The van der Waals surface area contributed by atoms with E-state index >= 15 is 0 Å². The minimum absolute atomic E-state index is 0.215. The van der Waals surface area contributed by atoms with Gasteiger partial charge in [0.2, 0.25) is 5.91 Å². The summed E-state index contributed by atoms with van der Waals surface area (Å²) in [4.78, 5) is 17.4. The van der Waals surface area contributed by atoms with E-state index in [0.29, 0.717) is 6.54 Å². The number of hydrogen-bond acceptors (Lipinski definition) is 3. The van der Waals surface area contributed by atoms with Crippen molar-refractivity contribution in [1.29, 1.82) is 0 Å². The lowest BCUT2D eigenvalue weighted by Crippen LogP contribution is -2.43. The van der Waals surface area contributed by atoms with Gasteiger partial charge < -0.3 is 4.90 Å². The van der Waals surface area contributed by atoms with Gasteiger partial charge in [-0.1, -0.05) is 30.3 Å². The SMILES string of the molecule is CN(Cc1cnn(C)c1)C(C(=O)N1CCCCC1)c1ccccc1. The van der Waals surface area contributed by atoms with Crippen molar-refractivity contribution in [2.75, 3.05) is 20.1 Å². The number of piperidine rings is 1. The van der Waals surface area contributed by atoms with E-state index in [1.165, 1.54) is 6.42 Å². The van der Waals surface area contributed by atoms with Crippen LogP contribution in [0.5, 0.6) is 0 Å². The van der Waals surface area contributed by atoms with Crippen LogP contribution in [-0.4, -0.2) is 45.6 Å². The highest BCUT2D eigenvalue weighted by Gasteiger charge is 2.30. The summed E-state index contributed by atoms with van der Waals surface area (Å²) in [5, 5.41) is 4.23. The van der Waals surface area contributed by atoms with Gasteiger partial charge in [-0.05, 0) is 31.9 Å². The number of aryl methyl sites for hydroxylation is 1. The Balaban J connectivity index is 1.82. The summed E-state index contributed by atoms with van der Waals surface area (Å²) >= 11 is 0. The van der Waals surface area contributed by atoms with E-state index in [9.17, 15) is 4.79 Å². The Morgan fingerprint density at radius 2 is 1.92 bits per heavy atom. The second kappa shape index (κ2) is 7.62. The molecule has 1 unspecified atom stereocenters. The van der Waals surface area contributed by atoms with Crippen molar-refractivity contribution in [1.82, 2.24) is 19.6 Å². The molecule has 0 spiro atoms. The third kappa shape index (κ3) is 3.85. The zero-order valence-corrected chi connectivity index (χ0v) is 14.6. The summed E-state index contributed by atoms with van der Waals surface area (Å²) < 4.78 is 1.80. The van der Waals surface area contributed by atoms with Crippen LogP contribution in [-0.2, 0) is 18.4 Å². The average Bonchev–Trinajstić information content (AvgIpc) is 3.01. The van der Waals surface area contributed by atoms with E-state index in [4.69, 9.17) is 0 Å². The second-order valence-electron chi connectivity index (χ2n) is 6.64. The standard InChI is InChI=1S/C19H26N4O/c1-21(14-16-13-20-22(2)15-16)18(17-9-5-3-6-10-17)19(24)23-11-7-4-8-12-23/h3,5-6,9-10,13,15,18H,4,7-8,11-12,14H2,1-2H3. The fraction of sp³-hybridized carbons (Fsp3) is 0.474. The molecule has 3 rings (SSSR count). The molecule has 1 aliphatic heterocycles. The molecule has 1 aliphatic rings. The highest BCUT2D eigenvalue weighted by atomic mass is 16.2. The summed E-state index contributed by atoms with van der Waals surface area (Å²) in [7, 11) is 3.93. The van der Waals surface area contributed by atoms with Gasteiger partial charge in [0.15, 0.2) is 0 Å². The molecular weight excluding hydrogens is 300 g/mol. The maximum absolute atomic E-state index is 13.2. The summed E-state index contributed by atoms with van der Waals surface area (Å²) in [5.74, 6) is 0.215. The molecule has 1 aromatic heterocycles. The predicted octanol–water partition coefficient (Wildman–Crippen LogP) is 2.61. The Hall–Kier alpha value is -2.14. The normalized spacial score (nSPS) is 16.4. The molecule has 0 bridgehead atoms. The van der Waals surface area contributed by atoms with Crippen molar-refractivity contribution in [3.05, 3.63) is 53.9 Å². The van der Waals surface area contributed by atoms with Gasteiger partial charge >= 0.3 is 0 Å². The van der Waals surface area contributed by atoms with Crippen molar-refractivity contribution < 1.29 is 4.79 Å². The first-order valence-corrected chi connectivity index (χ1v) is 8.66. The van der Waals surface area contributed by atoms with Gasteiger partial charge in [0, 0.05) is 38.4 Å². The van der Waals surface area contributed by atoms with Crippen LogP contribution in [0, 0.1) is 0 Å². The smallest absolute Gasteiger partial charge is 0.244 e. The van der Waals surface area contributed by atoms with Crippen LogP contribution in [0.3, 0.4) is 0 Å². The molecule has 1 atom stereocenters. The zero-order valence-electron chi connectivity index (χ0n) is 14.6. The number of aromatic nitrogens is 2. The molecule has 0 saturated carbocycles. The highest BCUT2D eigenvalue weighted by molar-refractivity contribution is 5.83. The Bertz CT molecular complexity index is 661. The van der Waals surface area contributed by atoms with Gasteiger partial charge in [-0.15, -0.1) is 0 Å². The third-order valence-corrected chi connectivity index (χ3v) is 4.65. The van der Waals surface area contributed by atoms with Gasteiger partial charge in [0.1, 0.15) is 6.04 Å². The van der Waals surface area contributed by atoms with Crippen LogP contribution in [0.25, 0.3) is 0 Å². The fourth-order valence-electron chi connectivity index (χ4n) is 3.44. The first-order valence-electron chi connectivity index (χ1n) is 8.66. The fourth-order valence-corrected chi connectivity index (χ4v) is 3.44. The van der Waals surface area contributed by atoms with Gasteiger partial charge in [-0.3, -0.25) is 14.4 Å². The van der Waals surface area contributed by atoms with Crippen LogP contribution < -0.4 is 0 Å². The minimum Gasteiger partial charge on any atom is -0.341 e. The highest BCUT2D eigenvalue weighted by Crippen LogP contribution is 2.25. The summed E-state index contributed by atoms with van der Waals surface area (Å²) in [5.41, 5.74) is 2.17. The molecule has 1 saturated heterocycles. The van der Waals surface area contributed by atoms with Gasteiger partial charge in [0.05, 0.1) is 6.20 Å². The lowest BCUT2D eigenvalue weighted by Gasteiger charge is -2.34. The molecular formula is C19H26N4O. The Kier molecular flexibility index (Phi) is 5.30. The van der Waals surface area contributed by atoms with Crippen LogP contribution >= 0.6 is 0 Å². The van der Waals surface area contributed by atoms with Crippen molar-refractivity contribution in [3.8, 4) is 0 Å². The molecule has 2 aromatic rings. The molecule has 24 heavy (non-hydrogen) atoms. The molecule has 0 radical (unpaired) electrons. The first-order chi connectivity index (χ1) is 11.6. The van der Waals surface area contributed by atoms with Crippen LogP contribution in [0.1, 0.15) is 36.4 Å². The van der Waals surface area contributed by atoms with Crippen molar-refractivity contribution in [3.63, 3.8) is 0 Å². The van der Waals surface area contributed by atoms with Crippen LogP contribution in [0.4, 0.5) is 0 Å². The first kappa shape index (κ1) is 16.7. The molecule has 0 N–H and O–H groups in total. The number of carbonyl (C=O) groups excluding carboxylic acids is 1. The Morgan fingerprint density at radius 3 is 2.54 bits per heavy atom. The van der Waals surface area contributed by atoms with E-state index in [-0.39, 0.29) is 11.9 Å². The van der Waals surface area contributed by atoms with Gasteiger partial charge in [0.25, 0.3) is 0 Å². The van der Waals surface area contributed by atoms with Crippen LogP contribution in [0.15, 0.2) is 42.7 Å². The zero-order chi connectivity index (χ0) is 16.9. The van der Waals surface area contributed by atoms with E-state index < -0.39 is 0 Å². The summed E-state index contributed by atoms with van der Waals surface area (Å²) in [6, 6.07) is 9.85. The Morgan fingerprint density at radius 1 is 1.21 bits per heavy atom. The van der Waals surface area contributed by atoms with Crippen molar-refractivity contribution >= 4 is 5.91 Å². The lowest BCUT2D eigenvalue weighted by molar-refractivity contribution is -0.138. The number of likely N-dealkylation sites (tertiary alicyclic amines) is 1. The molecule has 5 nitrogen and oxygen atoms in total. The molecule has 1 amide bonds. The topological polar surface area (TPSA) is 41.4 Å². The molecule has 1 aromatic carbocycles. The minimum atomic E-state index is -0.246. The number of nitrogens with zero attached hydrogens (tertiary/aromatic N) is 4. The number of amides is 1. The maximum Gasteiger partial charge on any atom is 0.244 e. The number of carbonyl (C=O) groups is 1.